The summed E-state index contributed by atoms with van der Waals surface area (Å²) in [5.41, 5.74) is 7.14. The van der Waals surface area contributed by atoms with E-state index in [9.17, 15) is 0 Å². The monoisotopic (exact) mass is 308 g/mol. The second-order valence-corrected chi connectivity index (χ2v) is 9.57. The minimum Gasteiger partial charge on any atom is -0.329 e. The van der Waals surface area contributed by atoms with Crippen LogP contribution in [0.15, 0.2) is 17.5 Å². The van der Waals surface area contributed by atoms with Crippen molar-refractivity contribution >= 4 is 11.3 Å². The molecule has 21 heavy (non-hydrogen) atoms. The lowest BCUT2D eigenvalue weighted by atomic mass is 9.57. The van der Waals surface area contributed by atoms with Gasteiger partial charge in [0.25, 0.3) is 0 Å². The number of thiophene rings is 1. The highest BCUT2D eigenvalue weighted by Gasteiger charge is 2.49. The predicted octanol–water partition coefficient (Wildman–Crippen LogP) is 4.67. The Balaban J connectivity index is 2.31. The molecule has 1 saturated carbocycles. The van der Waals surface area contributed by atoms with Crippen molar-refractivity contribution in [1.29, 1.82) is 0 Å². The van der Waals surface area contributed by atoms with Gasteiger partial charge in [0.1, 0.15) is 0 Å². The van der Waals surface area contributed by atoms with Gasteiger partial charge in [0.15, 0.2) is 0 Å². The van der Waals surface area contributed by atoms with Crippen LogP contribution in [0.5, 0.6) is 0 Å². The summed E-state index contributed by atoms with van der Waals surface area (Å²) in [5.74, 6) is 0. The molecule has 1 fully saturated rings. The highest BCUT2D eigenvalue weighted by molar-refractivity contribution is 7.10. The van der Waals surface area contributed by atoms with Crippen molar-refractivity contribution in [1.82, 2.24) is 4.90 Å². The van der Waals surface area contributed by atoms with Gasteiger partial charge in [-0.25, -0.2) is 0 Å². The van der Waals surface area contributed by atoms with Gasteiger partial charge < -0.3 is 5.73 Å². The van der Waals surface area contributed by atoms with Gasteiger partial charge in [-0.15, -0.1) is 11.3 Å². The fourth-order valence-electron chi connectivity index (χ4n) is 4.93. The number of nitrogens with two attached hydrogens (primary N) is 1. The topological polar surface area (TPSA) is 29.3 Å². The van der Waals surface area contributed by atoms with Crippen molar-refractivity contribution in [3.8, 4) is 0 Å². The van der Waals surface area contributed by atoms with E-state index in [2.05, 4.69) is 64.1 Å². The molecule has 0 amide bonds. The maximum Gasteiger partial charge on any atom is 0.0416 e. The second-order valence-electron chi connectivity index (χ2n) is 8.59. The maximum absolute atomic E-state index is 6.33. The Morgan fingerprint density at radius 1 is 1.19 bits per heavy atom. The molecule has 0 bridgehead atoms. The van der Waals surface area contributed by atoms with Crippen LogP contribution in [-0.2, 0) is 0 Å². The first-order valence-corrected chi connectivity index (χ1v) is 8.95. The van der Waals surface area contributed by atoms with E-state index in [1.165, 1.54) is 24.1 Å². The van der Waals surface area contributed by atoms with Gasteiger partial charge in [-0.1, -0.05) is 33.8 Å². The Morgan fingerprint density at radius 2 is 1.76 bits per heavy atom. The molecular weight excluding hydrogens is 276 g/mol. The third kappa shape index (κ3) is 3.52. The summed E-state index contributed by atoms with van der Waals surface area (Å²) in [6.07, 6.45) is 3.65. The molecule has 1 heterocycles. The van der Waals surface area contributed by atoms with Gasteiger partial charge in [0, 0.05) is 23.0 Å². The normalized spacial score (nSPS) is 25.0. The molecule has 1 aliphatic rings. The van der Waals surface area contributed by atoms with Crippen molar-refractivity contribution in [2.45, 2.75) is 65.5 Å². The summed E-state index contributed by atoms with van der Waals surface area (Å²) >= 11 is 1.85. The van der Waals surface area contributed by atoms with E-state index in [0.29, 0.717) is 16.9 Å². The van der Waals surface area contributed by atoms with Gasteiger partial charge >= 0.3 is 0 Å². The van der Waals surface area contributed by atoms with Crippen molar-refractivity contribution in [2.75, 3.05) is 13.6 Å². The number of likely N-dealkylation sites (N-methyl/N-ethyl adjacent to an activating group) is 1. The van der Waals surface area contributed by atoms with E-state index in [-0.39, 0.29) is 5.54 Å². The molecule has 2 rings (SSSR count). The van der Waals surface area contributed by atoms with Gasteiger partial charge in [-0.2, -0.15) is 0 Å². The standard InChI is InChI=1S/C18H32N2S/c1-14(15-8-7-9-21-15)20(6)18(13-19)11-16(2,3)10-17(4,5)12-18/h7-9,14H,10-13,19H2,1-6H3. The zero-order valence-corrected chi connectivity index (χ0v) is 15.4. The van der Waals surface area contributed by atoms with Gasteiger partial charge in [0.2, 0.25) is 0 Å². The minimum atomic E-state index is 0.106. The molecule has 0 radical (unpaired) electrons. The fourth-order valence-corrected chi connectivity index (χ4v) is 5.76. The van der Waals surface area contributed by atoms with Crippen LogP contribution in [0.3, 0.4) is 0 Å². The van der Waals surface area contributed by atoms with Crippen LogP contribution in [0, 0.1) is 10.8 Å². The Kier molecular flexibility index (Phi) is 4.59. The van der Waals surface area contributed by atoms with Gasteiger partial charge in [-0.3, -0.25) is 4.90 Å². The predicted molar refractivity (Wildman–Crippen MR) is 93.7 cm³/mol. The first-order valence-electron chi connectivity index (χ1n) is 8.07. The Bertz CT molecular complexity index is 446. The molecule has 1 aliphatic carbocycles. The molecule has 2 nitrogen and oxygen atoms in total. The average molecular weight is 309 g/mol. The van der Waals surface area contributed by atoms with Crippen LogP contribution in [0.2, 0.25) is 0 Å². The van der Waals surface area contributed by atoms with Crippen LogP contribution in [0.4, 0.5) is 0 Å². The van der Waals surface area contributed by atoms with Gasteiger partial charge in [0.05, 0.1) is 0 Å². The largest absolute Gasteiger partial charge is 0.329 e. The quantitative estimate of drug-likeness (QED) is 0.875. The molecule has 0 aliphatic heterocycles. The summed E-state index contributed by atoms with van der Waals surface area (Å²) in [4.78, 5) is 3.99. The summed E-state index contributed by atoms with van der Waals surface area (Å²) < 4.78 is 0. The average Bonchev–Trinajstić information content (AvgIpc) is 2.86. The summed E-state index contributed by atoms with van der Waals surface area (Å²) in [5, 5.41) is 2.17. The van der Waals surface area contributed by atoms with E-state index in [1.807, 2.05) is 11.3 Å². The Morgan fingerprint density at radius 3 is 2.19 bits per heavy atom. The molecule has 120 valence electrons. The second kappa shape index (κ2) is 5.68. The zero-order chi connectivity index (χ0) is 15.9. The zero-order valence-electron chi connectivity index (χ0n) is 14.6. The van der Waals surface area contributed by atoms with Crippen LogP contribution < -0.4 is 5.73 Å². The number of rotatable bonds is 4. The summed E-state index contributed by atoms with van der Waals surface area (Å²) in [7, 11) is 2.27. The summed E-state index contributed by atoms with van der Waals surface area (Å²) in [6, 6.07) is 4.82. The molecule has 0 aromatic carbocycles. The van der Waals surface area contributed by atoms with E-state index in [4.69, 9.17) is 5.73 Å². The lowest BCUT2D eigenvalue weighted by Gasteiger charge is -2.56. The Hall–Kier alpha value is -0.380. The lowest BCUT2D eigenvalue weighted by molar-refractivity contribution is -0.0472. The van der Waals surface area contributed by atoms with Crippen molar-refractivity contribution < 1.29 is 0 Å². The first-order chi connectivity index (χ1) is 9.61. The lowest BCUT2D eigenvalue weighted by Crippen LogP contribution is -2.60. The van der Waals surface area contributed by atoms with Crippen LogP contribution in [-0.4, -0.2) is 24.0 Å². The smallest absolute Gasteiger partial charge is 0.0416 e. The van der Waals surface area contributed by atoms with Gasteiger partial charge in [-0.05, 0) is 55.5 Å². The first kappa shape index (κ1) is 17.0. The number of hydrogen-bond acceptors (Lipinski definition) is 3. The number of hydrogen-bond donors (Lipinski definition) is 1. The van der Waals surface area contributed by atoms with Crippen molar-refractivity contribution in [3.05, 3.63) is 22.4 Å². The van der Waals surface area contributed by atoms with E-state index in [1.54, 1.807) is 0 Å². The molecule has 1 aromatic heterocycles. The molecule has 1 atom stereocenters. The fraction of sp³-hybridized carbons (Fsp3) is 0.778. The van der Waals surface area contributed by atoms with Crippen LogP contribution in [0.25, 0.3) is 0 Å². The van der Waals surface area contributed by atoms with Crippen LogP contribution in [0.1, 0.15) is 64.8 Å². The third-order valence-electron chi connectivity index (χ3n) is 5.24. The SMILES string of the molecule is CC(c1cccs1)N(C)C1(CN)CC(C)(C)CC(C)(C)C1. The maximum atomic E-state index is 6.33. The molecule has 0 spiro atoms. The van der Waals surface area contributed by atoms with Crippen LogP contribution >= 0.6 is 11.3 Å². The molecule has 3 heteroatoms. The Labute approximate surface area is 134 Å². The molecule has 1 aromatic rings. The summed E-state index contributed by atoms with van der Waals surface area (Å²) in [6.45, 7) is 12.7. The van der Waals surface area contributed by atoms with E-state index >= 15 is 0 Å². The highest BCUT2D eigenvalue weighted by Crippen LogP contribution is 2.52. The molecule has 1 unspecified atom stereocenters. The molecule has 0 saturated heterocycles. The minimum absolute atomic E-state index is 0.106. The number of nitrogens with zero attached hydrogens (tertiary/aromatic N) is 1. The molecule has 2 N–H and O–H groups in total. The highest BCUT2D eigenvalue weighted by atomic mass is 32.1. The van der Waals surface area contributed by atoms with Crippen molar-refractivity contribution in [2.24, 2.45) is 16.6 Å². The van der Waals surface area contributed by atoms with Crippen molar-refractivity contribution in [3.63, 3.8) is 0 Å². The molecular formula is C18H32N2S. The van der Waals surface area contributed by atoms with E-state index in [0.717, 1.165) is 6.54 Å². The van der Waals surface area contributed by atoms with E-state index < -0.39 is 0 Å². The third-order valence-corrected chi connectivity index (χ3v) is 6.28.